The quantitative estimate of drug-likeness (QED) is 0.0195. The van der Waals surface area contributed by atoms with Gasteiger partial charge in [0.1, 0.15) is 13.2 Å². The molecule has 81 heavy (non-hydrogen) atoms. The predicted octanol–water partition coefficient (Wildman–Crippen LogP) is 18.9. The Balaban J connectivity index is 4.07. The molecule has 0 aliphatic heterocycles. The van der Waals surface area contributed by atoms with Crippen molar-refractivity contribution in [2.24, 2.45) is 0 Å². The van der Waals surface area contributed by atoms with E-state index in [2.05, 4.69) is 123 Å². The van der Waals surface area contributed by atoms with Crippen LogP contribution in [0, 0.1) is 0 Å². The van der Waals surface area contributed by atoms with Gasteiger partial charge in [0, 0.05) is 12.8 Å². The van der Waals surface area contributed by atoms with Gasteiger partial charge in [-0.05, 0) is 83.5 Å². The standard InChI is InChI=1S/C72H123NO8/c1-6-8-10-12-14-16-18-20-22-23-24-25-26-27-28-29-30-31-32-33-34-35-36-37-38-39-40-41-42-43-44-45-46-47-49-51-53-55-57-59-61-63-70(75)81-68(67-80-72(71(76)77)78-65-64-73(3,4)5)66-79-69(74)62-60-58-56-54-52-50-48-21-19-17-15-13-11-9-7-2/h8,10,14,16,20,22,24-25,27-28,30-31,33-34,36-37,39-40,68,72H,6-7,9,11-13,15,17-19,21,23,26,29,32,35,38,41-67H2,1-5H3/b10-8-,16-14-,22-20-,25-24-,28-27-,31-30-,34-33-,37-36-,40-39-. The van der Waals surface area contributed by atoms with E-state index >= 15 is 0 Å². The van der Waals surface area contributed by atoms with E-state index in [1.54, 1.807) is 0 Å². The van der Waals surface area contributed by atoms with Gasteiger partial charge < -0.3 is 33.3 Å². The number of aliphatic carboxylic acids is 1. The summed E-state index contributed by atoms with van der Waals surface area (Å²) < 4.78 is 22.7. The number of hydrogen-bond donors (Lipinski definition) is 0. The number of ether oxygens (including phenoxy) is 4. The van der Waals surface area contributed by atoms with Crippen LogP contribution in [-0.4, -0.2) is 82.3 Å². The topological polar surface area (TPSA) is 111 Å². The number of likely N-dealkylation sites (N-methyl/N-ethyl adjacent to an activating group) is 1. The second-order valence-electron chi connectivity index (χ2n) is 23.0. The van der Waals surface area contributed by atoms with Crippen LogP contribution in [0.1, 0.15) is 271 Å². The van der Waals surface area contributed by atoms with E-state index in [1.165, 1.54) is 141 Å². The Labute approximate surface area is 498 Å². The molecule has 9 heteroatoms. The Morgan fingerprint density at radius 3 is 1.05 bits per heavy atom. The zero-order chi connectivity index (χ0) is 59.1. The third-order valence-electron chi connectivity index (χ3n) is 14.0. The molecule has 0 rings (SSSR count). The number of quaternary nitrogens is 1. The fraction of sp³-hybridized carbons (Fsp3) is 0.708. The molecule has 9 nitrogen and oxygen atoms in total. The third kappa shape index (κ3) is 63.4. The zero-order valence-corrected chi connectivity index (χ0v) is 52.9. The highest BCUT2D eigenvalue weighted by Gasteiger charge is 2.22. The van der Waals surface area contributed by atoms with Crippen LogP contribution in [0.5, 0.6) is 0 Å². The first-order chi connectivity index (χ1) is 39.6. The van der Waals surface area contributed by atoms with Gasteiger partial charge in [0.2, 0.25) is 0 Å². The minimum Gasteiger partial charge on any atom is -0.545 e. The van der Waals surface area contributed by atoms with Crippen molar-refractivity contribution in [2.45, 2.75) is 283 Å². The largest absolute Gasteiger partial charge is 0.545 e. The number of nitrogens with zero attached hydrogens (tertiary/aromatic N) is 1. The van der Waals surface area contributed by atoms with Crippen molar-refractivity contribution in [1.29, 1.82) is 0 Å². The van der Waals surface area contributed by atoms with E-state index < -0.39 is 24.3 Å². The van der Waals surface area contributed by atoms with Gasteiger partial charge in [0.15, 0.2) is 12.4 Å². The first-order valence-electron chi connectivity index (χ1n) is 33.0. The van der Waals surface area contributed by atoms with Crippen molar-refractivity contribution < 1.29 is 42.9 Å². The number of hydrogen-bond acceptors (Lipinski definition) is 8. The van der Waals surface area contributed by atoms with Gasteiger partial charge in [0.05, 0.1) is 40.3 Å². The third-order valence-corrected chi connectivity index (χ3v) is 14.0. The Morgan fingerprint density at radius 2 is 0.704 bits per heavy atom. The minimum atomic E-state index is -1.62. The molecule has 2 unspecified atom stereocenters. The molecule has 0 fully saturated rings. The van der Waals surface area contributed by atoms with Gasteiger partial charge in [-0.2, -0.15) is 0 Å². The van der Waals surface area contributed by atoms with Crippen molar-refractivity contribution >= 4 is 17.9 Å². The summed E-state index contributed by atoms with van der Waals surface area (Å²) in [6, 6.07) is 0. The van der Waals surface area contributed by atoms with Crippen LogP contribution in [-0.2, 0) is 33.3 Å². The van der Waals surface area contributed by atoms with Crippen molar-refractivity contribution in [3.8, 4) is 0 Å². The number of allylic oxidation sites excluding steroid dienone is 18. The molecule has 0 N–H and O–H groups in total. The van der Waals surface area contributed by atoms with Gasteiger partial charge in [-0.25, -0.2) is 0 Å². The Morgan fingerprint density at radius 1 is 0.383 bits per heavy atom. The first-order valence-corrected chi connectivity index (χ1v) is 33.0. The summed E-state index contributed by atoms with van der Waals surface area (Å²) in [6.45, 7) is 4.65. The Bertz CT molecular complexity index is 1700. The summed E-state index contributed by atoms with van der Waals surface area (Å²) in [5.74, 6) is -2.28. The number of esters is 2. The second kappa shape index (κ2) is 62.0. The van der Waals surface area contributed by atoms with Crippen molar-refractivity contribution in [3.63, 3.8) is 0 Å². The number of unbranched alkanes of at least 4 members (excludes halogenated alkanes) is 27. The summed E-state index contributed by atoms with van der Waals surface area (Å²) in [7, 11) is 5.92. The molecule has 464 valence electrons. The maximum Gasteiger partial charge on any atom is 0.306 e. The maximum absolute atomic E-state index is 12.9. The lowest BCUT2D eigenvalue weighted by Gasteiger charge is -2.26. The van der Waals surface area contributed by atoms with E-state index in [0.717, 1.165) is 96.3 Å². The highest BCUT2D eigenvalue weighted by molar-refractivity contribution is 5.70. The number of rotatable bonds is 60. The van der Waals surface area contributed by atoms with Crippen LogP contribution in [0.4, 0.5) is 0 Å². The van der Waals surface area contributed by atoms with Gasteiger partial charge in [-0.15, -0.1) is 0 Å². The average molecular weight is 1130 g/mol. The van der Waals surface area contributed by atoms with Crippen LogP contribution in [0.25, 0.3) is 0 Å². The fourth-order valence-corrected chi connectivity index (χ4v) is 9.00. The zero-order valence-electron chi connectivity index (χ0n) is 52.9. The van der Waals surface area contributed by atoms with Crippen LogP contribution >= 0.6 is 0 Å². The van der Waals surface area contributed by atoms with E-state index in [-0.39, 0.29) is 32.2 Å². The first kappa shape index (κ1) is 77.0. The molecular weight excluding hydrogens is 1010 g/mol. The van der Waals surface area contributed by atoms with Gasteiger partial charge in [-0.1, -0.05) is 284 Å². The minimum absolute atomic E-state index is 0.146. The van der Waals surface area contributed by atoms with Crippen molar-refractivity contribution in [3.05, 3.63) is 109 Å². The van der Waals surface area contributed by atoms with Crippen LogP contribution in [0.2, 0.25) is 0 Å². The number of carbonyl (C=O) groups excluding carboxylic acids is 3. The highest BCUT2D eigenvalue weighted by atomic mass is 16.7. The number of carbonyl (C=O) groups is 3. The lowest BCUT2D eigenvalue weighted by atomic mass is 10.0. The predicted molar refractivity (Wildman–Crippen MR) is 343 cm³/mol. The molecule has 0 aromatic carbocycles. The summed E-state index contributed by atoms with van der Waals surface area (Å²) in [6.07, 6.45) is 83.0. The van der Waals surface area contributed by atoms with E-state index in [9.17, 15) is 19.5 Å². The highest BCUT2D eigenvalue weighted by Crippen LogP contribution is 2.17. The molecule has 0 aliphatic carbocycles. The van der Waals surface area contributed by atoms with Crippen molar-refractivity contribution in [1.82, 2.24) is 0 Å². The molecule has 0 amide bonds. The van der Waals surface area contributed by atoms with E-state index in [4.69, 9.17) is 18.9 Å². The van der Waals surface area contributed by atoms with Crippen LogP contribution in [0.3, 0.4) is 0 Å². The molecule has 0 heterocycles. The van der Waals surface area contributed by atoms with Gasteiger partial charge in [0.25, 0.3) is 0 Å². The van der Waals surface area contributed by atoms with Crippen LogP contribution < -0.4 is 5.11 Å². The maximum atomic E-state index is 12.9. The van der Waals surface area contributed by atoms with Crippen LogP contribution in [0.15, 0.2) is 109 Å². The second-order valence-corrected chi connectivity index (χ2v) is 23.0. The molecular formula is C72H123NO8. The number of carboxylic acids is 1. The molecule has 0 bridgehead atoms. The summed E-state index contributed by atoms with van der Waals surface area (Å²) in [5, 5.41) is 11.8. The molecule has 0 aromatic rings. The normalized spacial score (nSPS) is 13.4. The molecule has 0 spiro atoms. The summed E-state index contributed by atoms with van der Waals surface area (Å²) >= 11 is 0. The molecule has 0 radical (unpaired) electrons. The van der Waals surface area contributed by atoms with Crippen molar-refractivity contribution in [2.75, 3.05) is 47.5 Å². The van der Waals surface area contributed by atoms with Gasteiger partial charge in [-0.3, -0.25) is 9.59 Å². The van der Waals surface area contributed by atoms with E-state index in [1.807, 2.05) is 21.1 Å². The SMILES string of the molecule is CC/C=C\C/C=C\C/C=C\C/C=C\C/C=C\C/C=C\C/C=C\C/C=C\C/C=C\CCCCCCCCCCCCCCCC(=O)OC(COC(=O)CCCCCCCCCCCCCCCCC)COC(OCC[N+](C)(C)C)C(=O)[O-]. The molecule has 0 saturated heterocycles. The summed E-state index contributed by atoms with van der Waals surface area (Å²) in [4.78, 5) is 37.3. The number of carboxylic acid groups (broad SMARTS) is 1. The Kier molecular flexibility index (Phi) is 58.9. The average Bonchev–Trinajstić information content (AvgIpc) is 3.44. The van der Waals surface area contributed by atoms with Gasteiger partial charge >= 0.3 is 11.9 Å². The monoisotopic (exact) mass is 1130 g/mol. The molecule has 0 aromatic heterocycles. The van der Waals surface area contributed by atoms with E-state index in [0.29, 0.717) is 23.9 Å². The Hall–Kier alpha value is -4.05. The lowest BCUT2D eigenvalue weighted by molar-refractivity contribution is -0.870. The summed E-state index contributed by atoms with van der Waals surface area (Å²) in [5.41, 5.74) is 0. The molecule has 2 atom stereocenters. The molecule has 0 aliphatic rings. The lowest BCUT2D eigenvalue weighted by Crippen LogP contribution is -2.44. The molecule has 0 saturated carbocycles. The fourth-order valence-electron chi connectivity index (χ4n) is 9.00. The smallest absolute Gasteiger partial charge is 0.306 e.